The average molecular weight is 265 g/mol. The maximum absolute atomic E-state index is 11.6. The molecule has 0 aliphatic heterocycles. The van der Waals surface area contributed by atoms with Gasteiger partial charge in [0.1, 0.15) is 0 Å². The summed E-state index contributed by atoms with van der Waals surface area (Å²) >= 11 is 5.50. The number of Topliss-reactive ketones (excluding diaryl/α,β-unsaturated/α-hetero) is 1. The van der Waals surface area contributed by atoms with Crippen molar-refractivity contribution in [3.05, 3.63) is 35.4 Å². The lowest BCUT2D eigenvalue weighted by Gasteiger charge is -2.00. The summed E-state index contributed by atoms with van der Waals surface area (Å²) in [6.45, 7) is 1.84. The van der Waals surface area contributed by atoms with E-state index in [2.05, 4.69) is 16.6 Å². The molecule has 0 saturated carbocycles. The van der Waals surface area contributed by atoms with Gasteiger partial charge in [-0.05, 0) is 31.2 Å². The highest BCUT2D eigenvalue weighted by molar-refractivity contribution is 6.40. The van der Waals surface area contributed by atoms with Crippen molar-refractivity contribution in [2.75, 3.05) is 12.5 Å². The summed E-state index contributed by atoms with van der Waals surface area (Å²) in [5.41, 5.74) is 1.08. The van der Waals surface area contributed by atoms with Crippen LogP contribution in [-0.2, 0) is 9.53 Å². The van der Waals surface area contributed by atoms with E-state index in [4.69, 9.17) is 11.6 Å². The number of hydrogen-bond acceptors (Lipinski definition) is 3. The molecule has 1 rings (SSSR count). The van der Waals surface area contributed by atoms with E-state index < -0.39 is 11.8 Å². The van der Waals surface area contributed by atoms with Crippen LogP contribution < -0.4 is 0 Å². The second-order valence-electron chi connectivity index (χ2n) is 3.37. The van der Waals surface area contributed by atoms with Gasteiger partial charge in [-0.15, -0.1) is 11.6 Å². The van der Waals surface area contributed by atoms with E-state index in [-0.39, 0.29) is 6.61 Å². The summed E-state index contributed by atoms with van der Waals surface area (Å²) in [6, 6.07) is 6.50. The van der Waals surface area contributed by atoms with Gasteiger partial charge >= 0.3 is 5.97 Å². The van der Waals surface area contributed by atoms with Crippen LogP contribution in [0.5, 0.6) is 0 Å². The molecular formula is C14H13ClO3. The first-order valence-corrected chi connectivity index (χ1v) is 6.08. The molecule has 0 heterocycles. The van der Waals surface area contributed by atoms with Crippen molar-refractivity contribution in [2.24, 2.45) is 0 Å². The Hall–Kier alpha value is -1.79. The number of hydrogen-bond donors (Lipinski definition) is 0. The van der Waals surface area contributed by atoms with Crippen LogP contribution in [0.1, 0.15) is 29.3 Å². The fourth-order valence-corrected chi connectivity index (χ4v) is 1.33. The average Bonchev–Trinajstić information content (AvgIpc) is 2.39. The summed E-state index contributed by atoms with van der Waals surface area (Å²) < 4.78 is 4.64. The zero-order valence-corrected chi connectivity index (χ0v) is 10.8. The van der Waals surface area contributed by atoms with Crippen LogP contribution >= 0.6 is 11.6 Å². The predicted molar refractivity (Wildman–Crippen MR) is 69.6 cm³/mol. The number of carbonyl (C=O) groups is 2. The maximum Gasteiger partial charge on any atom is 0.379 e. The number of benzene rings is 1. The van der Waals surface area contributed by atoms with Gasteiger partial charge in [0.2, 0.25) is 0 Å². The van der Waals surface area contributed by atoms with E-state index in [1.54, 1.807) is 31.2 Å². The third kappa shape index (κ3) is 4.23. The third-order valence-electron chi connectivity index (χ3n) is 2.06. The number of esters is 1. The molecule has 0 fully saturated rings. The lowest BCUT2D eigenvalue weighted by atomic mass is 10.1. The number of halogens is 1. The van der Waals surface area contributed by atoms with Crippen molar-refractivity contribution in [3.63, 3.8) is 0 Å². The normalized spacial score (nSPS) is 9.22. The standard InChI is InChI=1S/C14H13ClO3/c1-2-18-14(17)13(16)12-8-6-11(7-9-12)5-3-4-10-15/h6-9H,2,4,10H2,1H3. The molecule has 0 aromatic heterocycles. The molecule has 0 unspecified atom stereocenters. The molecule has 0 atom stereocenters. The minimum absolute atomic E-state index is 0.187. The summed E-state index contributed by atoms with van der Waals surface area (Å²) in [6.07, 6.45) is 0.616. The number of ether oxygens (including phenoxy) is 1. The molecule has 0 bridgehead atoms. The van der Waals surface area contributed by atoms with E-state index >= 15 is 0 Å². The van der Waals surface area contributed by atoms with Crippen LogP contribution in [-0.4, -0.2) is 24.2 Å². The van der Waals surface area contributed by atoms with Gasteiger partial charge in [0.15, 0.2) is 0 Å². The fraction of sp³-hybridized carbons (Fsp3) is 0.286. The van der Waals surface area contributed by atoms with Crippen molar-refractivity contribution in [3.8, 4) is 11.8 Å². The van der Waals surface area contributed by atoms with Crippen molar-refractivity contribution >= 4 is 23.4 Å². The summed E-state index contributed by atoms with van der Waals surface area (Å²) in [5, 5.41) is 0. The molecule has 0 amide bonds. The molecule has 1 aromatic carbocycles. The summed E-state index contributed by atoms with van der Waals surface area (Å²) in [4.78, 5) is 22.8. The zero-order valence-electron chi connectivity index (χ0n) is 10.0. The van der Waals surface area contributed by atoms with E-state index in [1.165, 1.54) is 0 Å². The first kappa shape index (κ1) is 14.3. The van der Waals surface area contributed by atoms with Crippen molar-refractivity contribution in [1.29, 1.82) is 0 Å². The SMILES string of the molecule is CCOC(=O)C(=O)c1ccc(C#CCCCl)cc1. The maximum atomic E-state index is 11.6. The molecular weight excluding hydrogens is 252 g/mol. The quantitative estimate of drug-likeness (QED) is 0.276. The lowest BCUT2D eigenvalue weighted by Crippen LogP contribution is -2.17. The van der Waals surface area contributed by atoms with Crippen molar-refractivity contribution < 1.29 is 14.3 Å². The predicted octanol–water partition coefficient (Wildman–Crippen LogP) is 2.41. The Morgan fingerprint density at radius 1 is 1.28 bits per heavy atom. The molecule has 18 heavy (non-hydrogen) atoms. The molecule has 0 spiro atoms. The number of carbonyl (C=O) groups excluding carboxylic acids is 2. The van der Waals surface area contributed by atoms with Gasteiger partial charge in [-0.3, -0.25) is 4.79 Å². The highest BCUT2D eigenvalue weighted by Crippen LogP contribution is 2.05. The Kier molecular flexibility index (Phi) is 5.96. The molecule has 3 nitrogen and oxygen atoms in total. The largest absolute Gasteiger partial charge is 0.460 e. The van der Waals surface area contributed by atoms with Crippen LogP contribution in [0, 0.1) is 11.8 Å². The minimum atomic E-state index is -0.835. The Labute approximate surface area is 111 Å². The van der Waals surface area contributed by atoms with Crippen molar-refractivity contribution in [1.82, 2.24) is 0 Å². The van der Waals surface area contributed by atoms with Crippen LogP contribution in [0.4, 0.5) is 0 Å². The number of ketones is 1. The van der Waals surface area contributed by atoms with Crippen LogP contribution in [0.25, 0.3) is 0 Å². The van der Waals surface area contributed by atoms with E-state index in [0.29, 0.717) is 17.9 Å². The molecule has 4 heteroatoms. The second-order valence-corrected chi connectivity index (χ2v) is 3.75. The Balaban J connectivity index is 2.74. The van der Waals surface area contributed by atoms with Gasteiger partial charge in [-0.1, -0.05) is 11.8 Å². The zero-order chi connectivity index (χ0) is 13.4. The van der Waals surface area contributed by atoms with Gasteiger partial charge < -0.3 is 4.74 Å². The molecule has 0 radical (unpaired) electrons. The minimum Gasteiger partial charge on any atom is -0.460 e. The number of alkyl halides is 1. The lowest BCUT2D eigenvalue weighted by molar-refractivity contribution is -0.137. The van der Waals surface area contributed by atoms with Gasteiger partial charge in [-0.2, -0.15) is 0 Å². The summed E-state index contributed by atoms with van der Waals surface area (Å²) in [5.74, 6) is 4.80. The van der Waals surface area contributed by atoms with E-state index in [9.17, 15) is 9.59 Å². The first-order valence-electron chi connectivity index (χ1n) is 5.55. The van der Waals surface area contributed by atoms with E-state index in [1.807, 2.05) is 0 Å². The molecule has 94 valence electrons. The highest BCUT2D eigenvalue weighted by atomic mass is 35.5. The van der Waals surface area contributed by atoms with Gasteiger partial charge in [0.25, 0.3) is 5.78 Å². The smallest absolute Gasteiger partial charge is 0.379 e. The fourth-order valence-electron chi connectivity index (χ4n) is 1.23. The molecule has 1 aromatic rings. The molecule has 0 aliphatic carbocycles. The van der Waals surface area contributed by atoms with E-state index in [0.717, 1.165) is 5.56 Å². The van der Waals surface area contributed by atoms with Crippen LogP contribution in [0.2, 0.25) is 0 Å². The van der Waals surface area contributed by atoms with Gasteiger partial charge in [-0.25, -0.2) is 4.79 Å². The van der Waals surface area contributed by atoms with Crippen LogP contribution in [0.15, 0.2) is 24.3 Å². The molecule has 0 N–H and O–H groups in total. The topological polar surface area (TPSA) is 43.4 Å². The van der Waals surface area contributed by atoms with Crippen molar-refractivity contribution in [2.45, 2.75) is 13.3 Å². The van der Waals surface area contributed by atoms with Gasteiger partial charge in [0.05, 0.1) is 6.61 Å². The number of rotatable bonds is 4. The summed E-state index contributed by atoms with van der Waals surface area (Å²) in [7, 11) is 0. The Morgan fingerprint density at radius 3 is 2.50 bits per heavy atom. The molecule has 0 saturated heterocycles. The first-order chi connectivity index (χ1) is 8.69. The molecule has 0 aliphatic rings. The second kappa shape index (κ2) is 7.52. The highest BCUT2D eigenvalue weighted by Gasteiger charge is 2.16. The van der Waals surface area contributed by atoms with Gasteiger partial charge in [0, 0.05) is 23.4 Å². The Bertz CT molecular complexity index is 480. The monoisotopic (exact) mass is 264 g/mol. The third-order valence-corrected chi connectivity index (χ3v) is 2.25. The Morgan fingerprint density at radius 2 is 1.94 bits per heavy atom. The van der Waals surface area contributed by atoms with Crippen LogP contribution in [0.3, 0.4) is 0 Å².